The fourth-order valence-corrected chi connectivity index (χ4v) is 4.34. The number of hydrogen-bond donors (Lipinski definition) is 1. The number of benzene rings is 2. The number of rotatable bonds is 7. The van der Waals surface area contributed by atoms with Crippen LogP contribution in [0.25, 0.3) is 21.2 Å². The molecule has 144 valence electrons. The van der Waals surface area contributed by atoms with Crippen molar-refractivity contribution in [2.75, 3.05) is 31.1 Å². The van der Waals surface area contributed by atoms with Gasteiger partial charge in [0.15, 0.2) is 10.9 Å². The molecule has 0 atom stereocenters. The van der Waals surface area contributed by atoms with Gasteiger partial charge in [0, 0.05) is 5.39 Å². The third-order valence-corrected chi connectivity index (χ3v) is 6.14. The second kappa shape index (κ2) is 8.12. The van der Waals surface area contributed by atoms with E-state index in [-0.39, 0.29) is 5.91 Å². The largest absolute Gasteiger partial charge is 0.451 e. The molecule has 1 amide bonds. The lowest BCUT2D eigenvalue weighted by molar-refractivity contribution is -0.894. The van der Waals surface area contributed by atoms with Gasteiger partial charge in [-0.3, -0.25) is 9.69 Å². The van der Waals surface area contributed by atoms with E-state index in [4.69, 9.17) is 9.40 Å². The van der Waals surface area contributed by atoms with Gasteiger partial charge < -0.3 is 9.32 Å². The molecule has 0 saturated carbocycles. The minimum absolute atomic E-state index is 0.137. The summed E-state index contributed by atoms with van der Waals surface area (Å²) in [6.45, 7) is 7.87. The third kappa shape index (κ3) is 3.66. The van der Waals surface area contributed by atoms with Gasteiger partial charge in [0.25, 0.3) is 5.91 Å². The zero-order valence-corrected chi connectivity index (χ0v) is 17.0. The van der Waals surface area contributed by atoms with Crippen molar-refractivity contribution >= 4 is 43.6 Å². The Morgan fingerprint density at radius 3 is 2.61 bits per heavy atom. The molecular formula is C22H24N3O2S+. The van der Waals surface area contributed by atoms with Gasteiger partial charge in [-0.05, 0) is 38.1 Å². The zero-order valence-electron chi connectivity index (χ0n) is 16.1. The molecule has 0 aliphatic carbocycles. The highest BCUT2D eigenvalue weighted by atomic mass is 32.1. The molecule has 0 bridgehead atoms. The van der Waals surface area contributed by atoms with Gasteiger partial charge >= 0.3 is 0 Å². The predicted molar refractivity (Wildman–Crippen MR) is 114 cm³/mol. The van der Waals surface area contributed by atoms with Crippen LogP contribution >= 0.6 is 11.3 Å². The van der Waals surface area contributed by atoms with Crippen molar-refractivity contribution in [1.29, 1.82) is 0 Å². The number of carbonyl (C=O) groups excluding carboxylic acids is 1. The number of furan rings is 1. The second-order valence-electron chi connectivity index (χ2n) is 6.78. The molecule has 2 aromatic carbocycles. The van der Waals surface area contributed by atoms with Crippen molar-refractivity contribution in [2.45, 2.75) is 13.8 Å². The molecule has 0 unspecified atom stereocenters. The summed E-state index contributed by atoms with van der Waals surface area (Å²) in [7, 11) is 0. The Hall–Kier alpha value is -2.70. The number of hydrogen-bond acceptors (Lipinski definition) is 4. The molecule has 2 heterocycles. The van der Waals surface area contributed by atoms with Gasteiger partial charge in [-0.25, -0.2) is 4.98 Å². The summed E-state index contributed by atoms with van der Waals surface area (Å²) in [5.41, 5.74) is 1.64. The molecular weight excluding hydrogens is 370 g/mol. The highest BCUT2D eigenvalue weighted by molar-refractivity contribution is 7.22. The van der Waals surface area contributed by atoms with Crippen LogP contribution in [0, 0.1) is 0 Å². The van der Waals surface area contributed by atoms with Crippen LogP contribution in [0.15, 0.2) is 59.0 Å². The number of fused-ring (bicyclic) bond motifs is 2. The van der Waals surface area contributed by atoms with E-state index in [1.807, 2.05) is 54.6 Å². The SMILES string of the molecule is CC[NH+](CC)CCN(C(=O)c1cc2ccccc2o1)c1nc2ccccc2s1. The first-order valence-electron chi connectivity index (χ1n) is 9.69. The van der Waals surface area contributed by atoms with Crippen LogP contribution in [0.5, 0.6) is 0 Å². The van der Waals surface area contributed by atoms with E-state index in [0.29, 0.717) is 12.3 Å². The van der Waals surface area contributed by atoms with Crippen molar-refractivity contribution < 1.29 is 14.1 Å². The van der Waals surface area contributed by atoms with Crippen molar-refractivity contribution in [2.24, 2.45) is 0 Å². The van der Waals surface area contributed by atoms with Crippen LogP contribution in [0.2, 0.25) is 0 Å². The first-order valence-corrected chi connectivity index (χ1v) is 10.5. The van der Waals surface area contributed by atoms with Gasteiger partial charge in [0.1, 0.15) is 5.58 Å². The molecule has 0 saturated heterocycles. The van der Waals surface area contributed by atoms with Gasteiger partial charge in [0.05, 0.1) is 36.4 Å². The Balaban J connectivity index is 1.69. The highest BCUT2D eigenvalue weighted by Gasteiger charge is 2.25. The summed E-state index contributed by atoms with van der Waals surface area (Å²) in [5.74, 6) is 0.219. The van der Waals surface area contributed by atoms with Gasteiger partial charge in [-0.1, -0.05) is 41.7 Å². The van der Waals surface area contributed by atoms with Crippen LogP contribution in [0.4, 0.5) is 5.13 Å². The molecule has 2 aromatic heterocycles. The van der Waals surface area contributed by atoms with Crippen LogP contribution in [-0.2, 0) is 0 Å². The number of nitrogens with zero attached hydrogens (tertiary/aromatic N) is 2. The van der Waals surface area contributed by atoms with E-state index in [2.05, 4.69) is 13.8 Å². The molecule has 0 spiro atoms. The van der Waals surface area contributed by atoms with Crippen molar-refractivity contribution in [3.8, 4) is 0 Å². The van der Waals surface area contributed by atoms with E-state index < -0.39 is 0 Å². The second-order valence-corrected chi connectivity index (χ2v) is 7.79. The fourth-order valence-electron chi connectivity index (χ4n) is 3.35. The van der Waals surface area contributed by atoms with E-state index in [1.54, 1.807) is 16.2 Å². The average Bonchev–Trinajstić information content (AvgIpc) is 3.34. The first kappa shape index (κ1) is 18.7. The van der Waals surface area contributed by atoms with Crippen molar-refractivity contribution in [3.05, 3.63) is 60.4 Å². The van der Waals surface area contributed by atoms with Crippen molar-refractivity contribution in [1.82, 2.24) is 4.98 Å². The van der Waals surface area contributed by atoms with Gasteiger partial charge in [-0.2, -0.15) is 0 Å². The van der Waals surface area contributed by atoms with Crippen LogP contribution in [-0.4, -0.2) is 37.1 Å². The molecule has 4 aromatic rings. The number of nitrogens with one attached hydrogen (secondary N) is 1. The number of carbonyl (C=O) groups is 1. The zero-order chi connectivity index (χ0) is 19.5. The van der Waals surface area contributed by atoms with Gasteiger partial charge in [0.2, 0.25) is 0 Å². The maximum Gasteiger partial charge on any atom is 0.296 e. The minimum Gasteiger partial charge on any atom is -0.451 e. The van der Waals surface area contributed by atoms with E-state index in [9.17, 15) is 4.79 Å². The predicted octanol–water partition coefficient (Wildman–Crippen LogP) is 3.61. The van der Waals surface area contributed by atoms with E-state index >= 15 is 0 Å². The summed E-state index contributed by atoms with van der Waals surface area (Å²) in [6, 6.07) is 17.5. The van der Waals surface area contributed by atoms with Crippen LogP contribution in [0.1, 0.15) is 24.4 Å². The number of aromatic nitrogens is 1. The molecule has 0 aliphatic rings. The lowest BCUT2D eigenvalue weighted by Gasteiger charge is -2.22. The minimum atomic E-state index is -0.137. The van der Waals surface area contributed by atoms with E-state index in [1.165, 1.54) is 4.90 Å². The standard InChI is InChI=1S/C22H23N3O2S/c1-3-24(4-2)13-14-25(22-23-17-10-6-8-12-20(17)28-22)21(26)19-15-16-9-5-7-11-18(16)27-19/h5-12,15H,3-4,13-14H2,1-2H3/p+1. The Kier molecular flexibility index (Phi) is 5.41. The number of likely N-dealkylation sites (N-methyl/N-ethyl adjacent to an activating group) is 1. The molecule has 6 heteroatoms. The van der Waals surface area contributed by atoms with E-state index in [0.717, 1.165) is 46.0 Å². The Labute approximate surface area is 168 Å². The lowest BCUT2D eigenvalue weighted by Crippen LogP contribution is -3.12. The molecule has 0 radical (unpaired) electrons. The number of anilines is 1. The summed E-state index contributed by atoms with van der Waals surface area (Å²) in [6.07, 6.45) is 0. The fraction of sp³-hybridized carbons (Fsp3) is 0.273. The molecule has 4 rings (SSSR count). The molecule has 0 aliphatic heterocycles. The third-order valence-electron chi connectivity index (χ3n) is 5.08. The summed E-state index contributed by atoms with van der Waals surface area (Å²) >= 11 is 1.55. The number of quaternary nitrogens is 1. The Morgan fingerprint density at radius 2 is 1.86 bits per heavy atom. The monoisotopic (exact) mass is 394 g/mol. The summed E-state index contributed by atoms with van der Waals surface area (Å²) < 4.78 is 6.92. The topological polar surface area (TPSA) is 50.8 Å². The highest BCUT2D eigenvalue weighted by Crippen LogP contribution is 2.30. The van der Waals surface area contributed by atoms with Gasteiger partial charge in [-0.15, -0.1) is 0 Å². The maximum absolute atomic E-state index is 13.4. The quantitative estimate of drug-likeness (QED) is 0.521. The number of thiazole rings is 1. The average molecular weight is 395 g/mol. The van der Waals surface area contributed by atoms with Crippen LogP contribution < -0.4 is 9.80 Å². The smallest absolute Gasteiger partial charge is 0.296 e. The van der Waals surface area contributed by atoms with Crippen molar-refractivity contribution in [3.63, 3.8) is 0 Å². The summed E-state index contributed by atoms with van der Waals surface area (Å²) in [4.78, 5) is 21.3. The number of amides is 1. The lowest BCUT2D eigenvalue weighted by atomic mass is 10.2. The summed E-state index contributed by atoms with van der Waals surface area (Å²) in [5, 5.41) is 1.66. The number of para-hydroxylation sites is 2. The first-order chi connectivity index (χ1) is 13.7. The molecule has 5 nitrogen and oxygen atoms in total. The molecule has 0 fully saturated rings. The molecule has 28 heavy (non-hydrogen) atoms. The molecule has 1 N–H and O–H groups in total. The Morgan fingerprint density at radius 1 is 1.11 bits per heavy atom. The Bertz CT molecular complexity index is 1030. The normalized spacial score (nSPS) is 11.5. The van der Waals surface area contributed by atoms with Crippen LogP contribution in [0.3, 0.4) is 0 Å². The maximum atomic E-state index is 13.4.